The molecule has 5 nitrogen and oxygen atoms in total. The summed E-state index contributed by atoms with van der Waals surface area (Å²) in [4.78, 5) is 4.51. The maximum absolute atomic E-state index is 4.51. The van der Waals surface area contributed by atoms with Gasteiger partial charge in [0, 0.05) is 11.6 Å². The number of nitrogens with one attached hydrogen (secondary N) is 1. The molecule has 2 aromatic carbocycles. The lowest BCUT2D eigenvalue weighted by Gasteiger charge is -2.11. The maximum Gasteiger partial charge on any atom is 0.337 e. The predicted octanol–water partition coefficient (Wildman–Crippen LogP) is 3.49. The van der Waals surface area contributed by atoms with Crippen LogP contribution in [0.3, 0.4) is 0 Å². The molecule has 0 bridgehead atoms. The molecular weight excluding hydrogens is 318 g/mol. The average Bonchev–Trinajstić information content (AvgIpc) is 3.29. The Kier molecular flexibility index (Phi) is 3.66. The lowest BCUT2D eigenvalue weighted by Crippen LogP contribution is -2.36. The third-order valence-corrected chi connectivity index (χ3v) is 4.92. The van der Waals surface area contributed by atoms with E-state index in [-0.39, 0.29) is 0 Å². The number of thiazole rings is 1. The monoisotopic (exact) mass is 334 g/mol. The molecule has 0 aliphatic carbocycles. The molecule has 0 atom stereocenters. The minimum Gasteiger partial charge on any atom is -0.244 e. The van der Waals surface area contributed by atoms with E-state index in [9.17, 15) is 0 Å². The summed E-state index contributed by atoms with van der Waals surface area (Å²) in [6.07, 6.45) is 1.83. The van der Waals surface area contributed by atoms with Crippen molar-refractivity contribution in [2.24, 2.45) is 0 Å². The Morgan fingerprint density at radius 2 is 1.88 bits per heavy atom. The Balaban J connectivity index is 1.97. The Labute approximate surface area is 143 Å². The molecule has 24 heavy (non-hydrogen) atoms. The number of hydrogen-bond donors (Lipinski definition) is 1. The molecule has 0 aliphatic rings. The van der Waals surface area contributed by atoms with Crippen LogP contribution in [0.2, 0.25) is 0 Å². The van der Waals surface area contributed by atoms with E-state index in [1.54, 1.807) is 11.3 Å². The van der Waals surface area contributed by atoms with E-state index in [4.69, 9.17) is 0 Å². The van der Waals surface area contributed by atoms with Gasteiger partial charge in [0.15, 0.2) is 5.21 Å². The van der Waals surface area contributed by atoms with Crippen molar-refractivity contribution < 1.29 is 4.68 Å². The Hall–Kier alpha value is -2.86. The largest absolute Gasteiger partial charge is 0.337 e. The van der Waals surface area contributed by atoms with Crippen LogP contribution in [0.1, 0.15) is 11.1 Å². The first kappa shape index (κ1) is 14.7. The van der Waals surface area contributed by atoms with Crippen molar-refractivity contribution >= 4 is 11.3 Å². The molecule has 0 saturated heterocycles. The number of tetrazole rings is 1. The van der Waals surface area contributed by atoms with Crippen LogP contribution >= 0.6 is 11.3 Å². The standard InChI is InChI=1S/C18H15N5S/c1-12-8-9-15(16(13(12)2)18-19-10-11-24-18)23-17(20-21-22-23)14-6-4-3-5-7-14/h3-11H,1-2H3/p+1. The number of nitrogens with zero attached hydrogens (tertiary/aromatic N) is 4. The number of aromatic nitrogens is 5. The predicted molar refractivity (Wildman–Crippen MR) is 93.9 cm³/mol. The highest BCUT2D eigenvalue weighted by Crippen LogP contribution is 2.31. The van der Waals surface area contributed by atoms with Crippen LogP contribution < -0.4 is 4.68 Å². The highest BCUT2D eigenvalue weighted by Gasteiger charge is 2.23. The fraction of sp³-hybridized carbons (Fsp3) is 0.111. The summed E-state index contributed by atoms with van der Waals surface area (Å²) >= 11 is 1.63. The van der Waals surface area contributed by atoms with Gasteiger partial charge in [0.25, 0.3) is 0 Å². The van der Waals surface area contributed by atoms with E-state index in [2.05, 4.69) is 46.5 Å². The van der Waals surface area contributed by atoms with Crippen molar-refractivity contribution in [1.82, 2.24) is 20.5 Å². The van der Waals surface area contributed by atoms with Gasteiger partial charge in [-0.15, -0.1) is 16.0 Å². The van der Waals surface area contributed by atoms with Crippen LogP contribution in [-0.2, 0) is 0 Å². The summed E-state index contributed by atoms with van der Waals surface area (Å²) in [5.74, 6) is 0.775. The van der Waals surface area contributed by atoms with E-state index < -0.39 is 0 Å². The summed E-state index contributed by atoms with van der Waals surface area (Å²) in [6, 6.07) is 14.2. The molecular formula is C18H16N5S+. The summed E-state index contributed by atoms with van der Waals surface area (Å²) in [5, 5.41) is 14.3. The first-order chi connectivity index (χ1) is 11.8. The molecule has 0 spiro atoms. The van der Waals surface area contributed by atoms with Gasteiger partial charge in [0.05, 0.1) is 11.1 Å². The van der Waals surface area contributed by atoms with Crippen LogP contribution in [0.4, 0.5) is 0 Å². The molecule has 0 unspecified atom stereocenters. The molecule has 0 fully saturated rings. The van der Waals surface area contributed by atoms with Crippen LogP contribution in [0, 0.1) is 13.8 Å². The number of rotatable bonds is 3. The molecule has 0 amide bonds. The average molecular weight is 334 g/mol. The zero-order valence-electron chi connectivity index (χ0n) is 13.4. The van der Waals surface area contributed by atoms with Gasteiger partial charge in [0.1, 0.15) is 15.8 Å². The van der Waals surface area contributed by atoms with E-state index >= 15 is 0 Å². The van der Waals surface area contributed by atoms with Crippen molar-refractivity contribution in [2.75, 3.05) is 0 Å². The molecule has 0 saturated carbocycles. The van der Waals surface area contributed by atoms with Crippen molar-refractivity contribution in [3.05, 3.63) is 65.2 Å². The van der Waals surface area contributed by atoms with Gasteiger partial charge in [-0.25, -0.2) is 4.98 Å². The molecule has 0 radical (unpaired) electrons. The highest BCUT2D eigenvalue weighted by atomic mass is 32.1. The quantitative estimate of drug-likeness (QED) is 0.584. The summed E-state index contributed by atoms with van der Waals surface area (Å²) in [7, 11) is 0. The first-order valence-corrected chi connectivity index (χ1v) is 8.52. The van der Waals surface area contributed by atoms with Gasteiger partial charge < -0.3 is 0 Å². The van der Waals surface area contributed by atoms with Gasteiger partial charge in [-0.3, -0.25) is 0 Å². The summed E-state index contributed by atoms with van der Waals surface area (Å²) in [5.41, 5.74) is 5.56. The number of aromatic amines is 1. The maximum atomic E-state index is 4.51. The van der Waals surface area contributed by atoms with Crippen molar-refractivity contribution in [3.63, 3.8) is 0 Å². The number of hydrogen-bond acceptors (Lipinski definition) is 4. The molecule has 0 aliphatic heterocycles. The third kappa shape index (κ3) is 2.41. The van der Waals surface area contributed by atoms with Crippen molar-refractivity contribution in [2.45, 2.75) is 13.8 Å². The third-order valence-electron chi connectivity index (χ3n) is 4.13. The Morgan fingerprint density at radius 3 is 2.62 bits per heavy atom. The molecule has 118 valence electrons. The number of H-pyrrole nitrogens is 1. The van der Waals surface area contributed by atoms with Gasteiger partial charge in [-0.05, 0) is 43.2 Å². The van der Waals surface area contributed by atoms with E-state index in [0.29, 0.717) is 0 Å². The number of benzene rings is 2. The van der Waals surface area contributed by atoms with Crippen LogP contribution in [0.25, 0.3) is 27.6 Å². The molecule has 2 heterocycles. The second kappa shape index (κ2) is 5.98. The van der Waals surface area contributed by atoms with E-state index in [1.165, 1.54) is 11.1 Å². The topological polar surface area (TPSA) is 58.3 Å². The van der Waals surface area contributed by atoms with Crippen LogP contribution in [0.15, 0.2) is 54.0 Å². The van der Waals surface area contributed by atoms with Gasteiger partial charge in [-0.2, -0.15) is 0 Å². The van der Waals surface area contributed by atoms with Gasteiger partial charge in [0.2, 0.25) is 0 Å². The number of aryl methyl sites for hydroxylation is 1. The normalized spacial score (nSPS) is 10.9. The Bertz CT molecular complexity index is 974. The summed E-state index contributed by atoms with van der Waals surface area (Å²) < 4.78 is 1.92. The second-order valence-electron chi connectivity index (χ2n) is 5.56. The van der Waals surface area contributed by atoms with Gasteiger partial charge in [-0.1, -0.05) is 29.5 Å². The highest BCUT2D eigenvalue weighted by molar-refractivity contribution is 7.13. The van der Waals surface area contributed by atoms with Crippen molar-refractivity contribution in [3.8, 4) is 27.6 Å². The minimum absolute atomic E-state index is 0.775. The smallest absolute Gasteiger partial charge is 0.244 e. The summed E-state index contributed by atoms with van der Waals surface area (Å²) in [6.45, 7) is 4.24. The lowest BCUT2D eigenvalue weighted by molar-refractivity contribution is -0.649. The Morgan fingerprint density at radius 1 is 1.04 bits per heavy atom. The molecule has 4 aromatic rings. The molecule has 4 rings (SSSR count). The van der Waals surface area contributed by atoms with Gasteiger partial charge >= 0.3 is 5.82 Å². The van der Waals surface area contributed by atoms with E-state index in [0.717, 1.165) is 27.6 Å². The minimum atomic E-state index is 0.775. The SMILES string of the molecule is Cc1ccc(-[n+]2[nH]nnc2-c2ccccc2)c(-c2nccs2)c1C. The van der Waals surface area contributed by atoms with Crippen molar-refractivity contribution in [1.29, 1.82) is 0 Å². The van der Waals surface area contributed by atoms with E-state index in [1.807, 2.05) is 46.6 Å². The second-order valence-corrected chi connectivity index (χ2v) is 6.46. The fourth-order valence-corrected chi connectivity index (χ4v) is 3.50. The lowest BCUT2D eigenvalue weighted by atomic mass is 10.0. The fourth-order valence-electron chi connectivity index (χ4n) is 2.75. The first-order valence-electron chi connectivity index (χ1n) is 7.64. The molecule has 2 aromatic heterocycles. The zero-order valence-corrected chi connectivity index (χ0v) is 14.2. The van der Waals surface area contributed by atoms with Crippen LogP contribution in [0.5, 0.6) is 0 Å². The zero-order chi connectivity index (χ0) is 16.5. The molecule has 1 N–H and O–H groups in total. The van der Waals surface area contributed by atoms with Crippen LogP contribution in [-0.4, -0.2) is 20.5 Å². The molecule has 6 heteroatoms.